The molecular formula is C42H68O13. The van der Waals surface area contributed by atoms with E-state index in [1.165, 1.54) is 11.1 Å². The number of rotatable bonds is 7. The van der Waals surface area contributed by atoms with Crippen molar-refractivity contribution in [1.29, 1.82) is 0 Å². The van der Waals surface area contributed by atoms with Crippen molar-refractivity contribution < 1.29 is 64.9 Å². The molecule has 2 unspecified atom stereocenters. The first kappa shape index (κ1) is 42.1. The Hall–Kier alpha value is -1.04. The van der Waals surface area contributed by atoms with Crippen LogP contribution in [-0.2, 0) is 18.9 Å². The topological polar surface area (TPSA) is 219 Å². The second kappa shape index (κ2) is 14.3. The van der Waals surface area contributed by atoms with Gasteiger partial charge < -0.3 is 64.9 Å². The van der Waals surface area contributed by atoms with Crippen LogP contribution in [0.15, 0.2) is 23.3 Å². The summed E-state index contributed by atoms with van der Waals surface area (Å²) >= 11 is 0. The van der Waals surface area contributed by atoms with E-state index in [1.807, 2.05) is 6.92 Å². The number of aliphatic hydroxyl groups excluding tert-OH is 9. The highest BCUT2D eigenvalue weighted by molar-refractivity contribution is 5.47. The maximum atomic E-state index is 12.0. The van der Waals surface area contributed by atoms with Gasteiger partial charge in [0, 0.05) is 16.2 Å². The van der Waals surface area contributed by atoms with Gasteiger partial charge in [0.05, 0.1) is 38.1 Å². The summed E-state index contributed by atoms with van der Waals surface area (Å²) in [5.41, 5.74) is 0.476. The van der Waals surface area contributed by atoms with Gasteiger partial charge in [-0.05, 0) is 91.9 Å². The zero-order valence-electron chi connectivity index (χ0n) is 33.7. The molecule has 55 heavy (non-hydrogen) atoms. The highest BCUT2D eigenvalue weighted by Crippen LogP contribution is 2.74. The third kappa shape index (κ3) is 6.12. The number of hydrogen-bond acceptors (Lipinski definition) is 13. The van der Waals surface area contributed by atoms with E-state index in [9.17, 15) is 46.0 Å². The molecule has 314 valence electrons. The average Bonchev–Trinajstić information content (AvgIpc) is 3.13. The van der Waals surface area contributed by atoms with Crippen LogP contribution in [0.1, 0.15) is 99.8 Å². The highest BCUT2D eigenvalue weighted by atomic mass is 16.7. The monoisotopic (exact) mass is 780 g/mol. The molecule has 3 saturated carbocycles. The molecule has 0 bridgehead atoms. The second-order valence-corrected chi connectivity index (χ2v) is 20.3. The zero-order chi connectivity index (χ0) is 40.3. The van der Waals surface area contributed by atoms with Crippen LogP contribution in [0.3, 0.4) is 0 Å². The van der Waals surface area contributed by atoms with Gasteiger partial charge in [0.15, 0.2) is 12.6 Å². The molecule has 2 saturated heterocycles. The molecule has 0 amide bonds. The molecule has 2 aliphatic heterocycles. The first-order valence-electron chi connectivity index (χ1n) is 20.6. The lowest BCUT2D eigenvalue weighted by Gasteiger charge is -2.70. The van der Waals surface area contributed by atoms with Gasteiger partial charge in [-0.3, -0.25) is 0 Å². The van der Waals surface area contributed by atoms with Gasteiger partial charge in [-0.25, -0.2) is 0 Å². The zero-order valence-corrected chi connectivity index (χ0v) is 33.7. The lowest BCUT2D eigenvalue weighted by molar-refractivity contribution is -0.367. The standard InChI is InChI=1S/C42H68O13/c1-21-29(47)34(55-35-32(50)31(49)30(48)24(18-43)53-35)33(51)36(52-21)54-28-11-12-38(4)25(39(28,5)19-44)10-13-40(6)26(38)9-8-22-23-16-37(2,3)14-15-42(23,20-45)27(46)17-41(22,40)7/h8-9,21,24-36,43-51H,10-20H2,1-7H3/t21-,24-,25?,26?,27-,28+,29+,30-,31+,32-,33-,34+,35+,36+,38+,39+,40-,41-,42-/m1/s1. The van der Waals surface area contributed by atoms with Crippen LogP contribution in [0, 0.1) is 44.3 Å². The van der Waals surface area contributed by atoms with Gasteiger partial charge in [0.1, 0.15) is 42.7 Å². The summed E-state index contributed by atoms with van der Waals surface area (Å²) < 4.78 is 24.0. The number of ether oxygens (including phenoxy) is 4. The number of fused-ring (bicyclic) bond motifs is 6. The first-order valence-corrected chi connectivity index (χ1v) is 20.6. The Labute approximate surface area is 325 Å². The fourth-order valence-corrected chi connectivity index (χ4v) is 13.0. The predicted octanol–water partition coefficient (Wildman–Crippen LogP) is 1.68. The summed E-state index contributed by atoms with van der Waals surface area (Å²) in [5, 5.41) is 97.6. The third-order valence-corrected chi connectivity index (χ3v) is 16.8. The molecule has 5 fully saturated rings. The molecule has 5 aliphatic carbocycles. The number of aliphatic hydroxyl groups is 9. The molecule has 0 spiro atoms. The second-order valence-electron chi connectivity index (χ2n) is 20.3. The highest BCUT2D eigenvalue weighted by Gasteiger charge is 2.69. The minimum atomic E-state index is -1.73. The van der Waals surface area contributed by atoms with Crippen molar-refractivity contribution in [3.8, 4) is 0 Å². The van der Waals surface area contributed by atoms with Crippen LogP contribution in [0.5, 0.6) is 0 Å². The predicted molar refractivity (Wildman–Crippen MR) is 199 cm³/mol. The summed E-state index contributed by atoms with van der Waals surface area (Å²) in [6.07, 6.45) is -4.63. The molecule has 2 heterocycles. The summed E-state index contributed by atoms with van der Waals surface area (Å²) in [7, 11) is 0. The van der Waals surface area contributed by atoms with E-state index in [0.29, 0.717) is 12.8 Å². The summed E-state index contributed by atoms with van der Waals surface area (Å²) in [5.74, 6) is 0.154. The van der Waals surface area contributed by atoms with Gasteiger partial charge in [-0.2, -0.15) is 0 Å². The molecule has 13 heteroatoms. The van der Waals surface area contributed by atoms with Gasteiger partial charge in [0.25, 0.3) is 0 Å². The van der Waals surface area contributed by atoms with Crippen LogP contribution in [0.25, 0.3) is 0 Å². The number of hydrogen-bond donors (Lipinski definition) is 9. The molecule has 9 N–H and O–H groups in total. The summed E-state index contributed by atoms with van der Waals surface area (Å²) in [4.78, 5) is 0. The Kier molecular flexibility index (Phi) is 11.0. The van der Waals surface area contributed by atoms with Gasteiger partial charge >= 0.3 is 0 Å². The van der Waals surface area contributed by atoms with Gasteiger partial charge in [-0.15, -0.1) is 0 Å². The van der Waals surface area contributed by atoms with Crippen molar-refractivity contribution in [3.05, 3.63) is 23.3 Å². The molecule has 19 atom stereocenters. The Balaban J connectivity index is 1.15. The van der Waals surface area contributed by atoms with E-state index in [2.05, 4.69) is 46.8 Å². The van der Waals surface area contributed by atoms with E-state index >= 15 is 0 Å². The van der Waals surface area contributed by atoms with Crippen molar-refractivity contribution in [3.63, 3.8) is 0 Å². The van der Waals surface area contributed by atoms with Crippen LogP contribution in [-0.4, -0.2) is 139 Å². The van der Waals surface area contributed by atoms with E-state index in [4.69, 9.17) is 18.9 Å². The normalized spacial score (nSPS) is 54.9. The smallest absolute Gasteiger partial charge is 0.187 e. The van der Waals surface area contributed by atoms with E-state index in [1.54, 1.807) is 6.92 Å². The van der Waals surface area contributed by atoms with E-state index in [0.717, 1.165) is 38.5 Å². The van der Waals surface area contributed by atoms with E-state index < -0.39 is 91.1 Å². The maximum Gasteiger partial charge on any atom is 0.187 e. The summed E-state index contributed by atoms with van der Waals surface area (Å²) in [6, 6.07) is 0. The largest absolute Gasteiger partial charge is 0.396 e. The average molecular weight is 781 g/mol. The van der Waals surface area contributed by atoms with Crippen molar-refractivity contribution in [2.45, 2.75) is 173 Å². The molecule has 0 aromatic heterocycles. The van der Waals surface area contributed by atoms with Crippen LogP contribution < -0.4 is 0 Å². The minimum absolute atomic E-state index is 0.0212. The Bertz CT molecular complexity index is 1500. The van der Waals surface area contributed by atoms with Crippen molar-refractivity contribution in [1.82, 2.24) is 0 Å². The molecular weight excluding hydrogens is 712 g/mol. The fourth-order valence-electron chi connectivity index (χ4n) is 13.0. The first-order chi connectivity index (χ1) is 25.7. The molecule has 0 radical (unpaired) electrons. The van der Waals surface area contributed by atoms with Crippen LogP contribution in [0.2, 0.25) is 0 Å². The molecule has 7 rings (SSSR count). The Morgan fingerprint density at radius 1 is 0.745 bits per heavy atom. The number of allylic oxidation sites excluding steroid dienone is 3. The Morgan fingerprint density at radius 3 is 2.09 bits per heavy atom. The quantitative estimate of drug-likeness (QED) is 0.168. The van der Waals surface area contributed by atoms with Crippen LogP contribution >= 0.6 is 0 Å². The maximum absolute atomic E-state index is 12.0. The lowest BCUT2D eigenvalue weighted by Crippen LogP contribution is -2.67. The SMILES string of the molecule is C[C@H]1O[C@@H](O[C@H]2CC[C@@]3(C)C(CC[C@]4(C)C3C=CC3=C5CC(C)(C)CC[C@]5(CO)[C@H](O)C[C@]34C)[C@]2(C)CO)[C@H](O)[C@@H](O[C@@H]2O[C@H](CO)[C@@H](O)[C@H](O)[C@H]2O)[C@H]1O. The molecule has 13 nitrogen and oxygen atoms in total. The van der Waals surface area contributed by atoms with Crippen LogP contribution in [0.4, 0.5) is 0 Å². The van der Waals surface area contributed by atoms with Gasteiger partial charge in [-0.1, -0.05) is 59.3 Å². The van der Waals surface area contributed by atoms with Crippen molar-refractivity contribution in [2.24, 2.45) is 44.3 Å². The molecule has 7 aliphatic rings. The minimum Gasteiger partial charge on any atom is -0.396 e. The van der Waals surface area contributed by atoms with E-state index in [-0.39, 0.29) is 46.7 Å². The summed E-state index contributed by atoms with van der Waals surface area (Å²) in [6.45, 7) is 14.4. The molecule has 0 aromatic rings. The van der Waals surface area contributed by atoms with Crippen molar-refractivity contribution in [2.75, 3.05) is 19.8 Å². The van der Waals surface area contributed by atoms with Crippen molar-refractivity contribution >= 4 is 0 Å². The van der Waals surface area contributed by atoms with Gasteiger partial charge in [0.2, 0.25) is 0 Å². The third-order valence-electron chi connectivity index (χ3n) is 16.8. The molecule has 0 aromatic carbocycles. The fraction of sp³-hybridized carbons (Fsp3) is 0.905. The Morgan fingerprint density at radius 2 is 1.44 bits per heavy atom. The lowest BCUT2D eigenvalue weighted by atomic mass is 9.35.